The van der Waals surface area contributed by atoms with E-state index >= 15 is 0 Å². The van der Waals surface area contributed by atoms with Crippen LogP contribution in [0.3, 0.4) is 0 Å². The van der Waals surface area contributed by atoms with Crippen LogP contribution in [0.1, 0.15) is 18.0 Å². The molecule has 1 aromatic carbocycles. The SMILES string of the molecule is N[C@H](CCO)c1c(Br)ccc(Br)c1O. The van der Waals surface area contributed by atoms with Crippen molar-refractivity contribution in [1.29, 1.82) is 0 Å². The van der Waals surface area contributed by atoms with Crippen molar-refractivity contribution >= 4 is 31.9 Å². The Morgan fingerprint density at radius 2 is 1.86 bits per heavy atom. The van der Waals surface area contributed by atoms with Gasteiger partial charge in [-0.25, -0.2) is 0 Å². The number of phenolic OH excluding ortho intramolecular Hbond substituents is 1. The first-order valence-corrected chi connectivity index (χ1v) is 5.69. The summed E-state index contributed by atoms with van der Waals surface area (Å²) in [6.45, 7) is -0.000437. The van der Waals surface area contributed by atoms with Crippen molar-refractivity contribution in [3.05, 3.63) is 26.6 Å². The van der Waals surface area contributed by atoms with E-state index in [1.54, 1.807) is 12.1 Å². The van der Waals surface area contributed by atoms with Crippen LogP contribution in [-0.4, -0.2) is 16.8 Å². The number of hydrogen-bond donors (Lipinski definition) is 3. The van der Waals surface area contributed by atoms with Gasteiger partial charge in [-0.2, -0.15) is 0 Å². The van der Waals surface area contributed by atoms with Crippen LogP contribution in [0, 0.1) is 0 Å². The zero-order chi connectivity index (χ0) is 10.7. The highest BCUT2D eigenvalue weighted by Gasteiger charge is 2.16. The van der Waals surface area contributed by atoms with Gasteiger partial charge in [0.2, 0.25) is 0 Å². The lowest BCUT2D eigenvalue weighted by Gasteiger charge is -2.15. The lowest BCUT2D eigenvalue weighted by atomic mass is 10.0. The molecule has 0 aliphatic rings. The first-order chi connectivity index (χ1) is 6.57. The molecule has 3 nitrogen and oxygen atoms in total. The number of aliphatic hydroxyl groups excluding tert-OH is 1. The second kappa shape index (κ2) is 5.11. The molecule has 0 amide bonds. The van der Waals surface area contributed by atoms with E-state index in [0.717, 1.165) is 4.47 Å². The first-order valence-electron chi connectivity index (χ1n) is 4.11. The van der Waals surface area contributed by atoms with E-state index in [1.807, 2.05) is 0 Å². The fraction of sp³-hybridized carbons (Fsp3) is 0.333. The third kappa shape index (κ3) is 2.48. The van der Waals surface area contributed by atoms with E-state index < -0.39 is 0 Å². The van der Waals surface area contributed by atoms with Gasteiger partial charge >= 0.3 is 0 Å². The predicted molar refractivity (Wildman–Crippen MR) is 62.1 cm³/mol. The molecule has 1 atom stereocenters. The van der Waals surface area contributed by atoms with Crippen LogP contribution in [-0.2, 0) is 0 Å². The molecule has 1 aromatic rings. The second-order valence-electron chi connectivity index (χ2n) is 2.91. The average Bonchev–Trinajstić information content (AvgIpc) is 2.13. The van der Waals surface area contributed by atoms with Crippen LogP contribution in [0.25, 0.3) is 0 Å². The van der Waals surface area contributed by atoms with Gasteiger partial charge in [-0.05, 0) is 34.5 Å². The number of rotatable bonds is 3. The van der Waals surface area contributed by atoms with Gasteiger partial charge in [-0.1, -0.05) is 15.9 Å². The molecule has 0 aliphatic carbocycles. The van der Waals surface area contributed by atoms with Gasteiger partial charge < -0.3 is 15.9 Å². The Labute approximate surface area is 99.2 Å². The third-order valence-corrected chi connectivity index (χ3v) is 3.26. The fourth-order valence-corrected chi connectivity index (χ4v) is 2.15. The minimum atomic E-state index is -0.369. The highest BCUT2D eigenvalue weighted by Crippen LogP contribution is 2.37. The lowest BCUT2D eigenvalue weighted by molar-refractivity contribution is 0.275. The van der Waals surface area contributed by atoms with E-state index in [9.17, 15) is 5.11 Å². The Kier molecular flexibility index (Phi) is 4.37. The molecule has 0 fully saturated rings. The molecule has 1 rings (SSSR count). The molecule has 0 saturated heterocycles. The largest absolute Gasteiger partial charge is 0.506 e. The monoisotopic (exact) mass is 323 g/mol. The molecule has 0 saturated carbocycles. The van der Waals surface area contributed by atoms with Crippen molar-refractivity contribution in [2.75, 3.05) is 6.61 Å². The van der Waals surface area contributed by atoms with E-state index in [-0.39, 0.29) is 18.4 Å². The predicted octanol–water partition coefficient (Wildman–Crippen LogP) is 2.30. The Morgan fingerprint density at radius 3 is 2.43 bits per heavy atom. The minimum Gasteiger partial charge on any atom is -0.506 e. The molecule has 0 spiro atoms. The molecule has 78 valence electrons. The number of halogens is 2. The quantitative estimate of drug-likeness (QED) is 0.799. The third-order valence-electron chi connectivity index (χ3n) is 1.93. The summed E-state index contributed by atoms with van der Waals surface area (Å²) >= 11 is 6.52. The van der Waals surface area contributed by atoms with Gasteiger partial charge in [-0.3, -0.25) is 0 Å². The maximum atomic E-state index is 9.74. The van der Waals surface area contributed by atoms with E-state index in [2.05, 4.69) is 31.9 Å². The number of hydrogen-bond acceptors (Lipinski definition) is 3. The highest BCUT2D eigenvalue weighted by molar-refractivity contribution is 9.11. The topological polar surface area (TPSA) is 66.5 Å². The molecule has 4 N–H and O–H groups in total. The Morgan fingerprint density at radius 1 is 1.29 bits per heavy atom. The summed E-state index contributed by atoms with van der Waals surface area (Å²) < 4.78 is 1.35. The van der Waals surface area contributed by atoms with Gasteiger partial charge in [-0.15, -0.1) is 0 Å². The second-order valence-corrected chi connectivity index (χ2v) is 4.62. The molecular formula is C9H11Br2NO2. The molecule has 0 radical (unpaired) electrons. The van der Waals surface area contributed by atoms with Gasteiger partial charge in [0.05, 0.1) is 4.47 Å². The highest BCUT2D eigenvalue weighted by atomic mass is 79.9. The van der Waals surface area contributed by atoms with Crippen LogP contribution in [0.4, 0.5) is 0 Å². The van der Waals surface area contributed by atoms with Crippen LogP contribution in [0.5, 0.6) is 5.75 Å². The molecule has 0 bridgehead atoms. The Balaban J connectivity index is 3.11. The Bertz CT molecular complexity index is 331. The summed E-state index contributed by atoms with van der Waals surface area (Å²) in [5, 5.41) is 18.5. The van der Waals surface area contributed by atoms with E-state index in [1.165, 1.54) is 0 Å². The molecule has 14 heavy (non-hydrogen) atoms. The maximum Gasteiger partial charge on any atom is 0.135 e. The van der Waals surface area contributed by atoms with E-state index in [0.29, 0.717) is 16.5 Å². The Hall–Kier alpha value is -0.100. The van der Waals surface area contributed by atoms with Gasteiger partial charge in [0, 0.05) is 22.7 Å². The van der Waals surface area contributed by atoms with Crippen LogP contribution in [0.15, 0.2) is 21.1 Å². The lowest BCUT2D eigenvalue weighted by Crippen LogP contribution is -2.12. The van der Waals surface area contributed by atoms with Crippen LogP contribution in [0.2, 0.25) is 0 Å². The zero-order valence-electron chi connectivity index (χ0n) is 7.37. The summed E-state index contributed by atoms with van der Waals surface area (Å²) in [5.41, 5.74) is 6.42. The molecule has 0 aromatic heterocycles. The number of aliphatic hydroxyl groups is 1. The first kappa shape index (κ1) is 12.0. The van der Waals surface area contributed by atoms with Gasteiger partial charge in [0.25, 0.3) is 0 Å². The maximum absolute atomic E-state index is 9.74. The van der Waals surface area contributed by atoms with Crippen molar-refractivity contribution in [1.82, 2.24) is 0 Å². The number of benzene rings is 1. The van der Waals surface area contributed by atoms with Crippen LogP contribution < -0.4 is 5.73 Å². The van der Waals surface area contributed by atoms with E-state index in [4.69, 9.17) is 10.8 Å². The summed E-state index contributed by atoms with van der Waals surface area (Å²) in [6, 6.07) is 3.16. The van der Waals surface area contributed by atoms with Gasteiger partial charge in [0.15, 0.2) is 0 Å². The average molecular weight is 325 g/mol. The smallest absolute Gasteiger partial charge is 0.135 e. The van der Waals surface area contributed by atoms with Crippen molar-refractivity contribution in [3.8, 4) is 5.75 Å². The summed E-state index contributed by atoms with van der Waals surface area (Å²) in [6.07, 6.45) is 0.419. The molecule has 0 heterocycles. The normalized spacial score (nSPS) is 12.9. The van der Waals surface area contributed by atoms with Crippen molar-refractivity contribution in [2.45, 2.75) is 12.5 Å². The number of phenols is 1. The van der Waals surface area contributed by atoms with Crippen molar-refractivity contribution in [3.63, 3.8) is 0 Å². The fourth-order valence-electron chi connectivity index (χ4n) is 1.19. The molecule has 0 aliphatic heterocycles. The number of aromatic hydroxyl groups is 1. The van der Waals surface area contributed by atoms with Gasteiger partial charge in [0.1, 0.15) is 5.75 Å². The standard InChI is InChI=1S/C9H11Br2NO2/c10-5-1-2-6(11)9(14)8(5)7(12)3-4-13/h1-2,7,13-14H,3-4,12H2/t7-/m1/s1. The molecule has 0 unspecified atom stereocenters. The van der Waals surface area contributed by atoms with Crippen molar-refractivity contribution in [2.24, 2.45) is 5.73 Å². The summed E-state index contributed by atoms with van der Waals surface area (Å²) in [5.74, 6) is 0.125. The molecular weight excluding hydrogens is 314 g/mol. The minimum absolute atomic E-state index is 0.000437. The summed E-state index contributed by atoms with van der Waals surface area (Å²) in [4.78, 5) is 0. The summed E-state index contributed by atoms with van der Waals surface area (Å²) in [7, 11) is 0. The van der Waals surface area contributed by atoms with Crippen LogP contribution >= 0.6 is 31.9 Å². The van der Waals surface area contributed by atoms with Crippen molar-refractivity contribution < 1.29 is 10.2 Å². The zero-order valence-corrected chi connectivity index (χ0v) is 10.5. The molecule has 5 heteroatoms. The number of nitrogens with two attached hydrogens (primary N) is 1.